The summed E-state index contributed by atoms with van der Waals surface area (Å²) in [4.78, 5) is 50.8. The number of amides is 2. The van der Waals surface area contributed by atoms with Crippen LogP contribution < -0.4 is 4.74 Å². The van der Waals surface area contributed by atoms with Crippen molar-refractivity contribution in [1.29, 1.82) is 0 Å². The number of nitrogens with zero attached hydrogens (tertiary/aromatic N) is 1. The first-order valence-corrected chi connectivity index (χ1v) is 10.0. The van der Waals surface area contributed by atoms with Crippen LogP contribution in [0.4, 0.5) is 0 Å². The van der Waals surface area contributed by atoms with E-state index in [0.717, 1.165) is 15.7 Å². The fourth-order valence-electron chi connectivity index (χ4n) is 3.85. The van der Waals surface area contributed by atoms with Crippen molar-refractivity contribution >= 4 is 34.2 Å². The number of carbonyl (C=O) groups is 4. The van der Waals surface area contributed by atoms with Crippen molar-refractivity contribution in [1.82, 2.24) is 4.90 Å². The lowest BCUT2D eigenvalue weighted by Gasteiger charge is -2.23. The quantitative estimate of drug-likeness (QED) is 0.529. The maximum absolute atomic E-state index is 13.2. The van der Waals surface area contributed by atoms with Gasteiger partial charge in [0.05, 0.1) is 17.2 Å². The number of ketones is 2. The highest BCUT2D eigenvalue weighted by atomic mass is 16.5. The highest BCUT2D eigenvalue weighted by molar-refractivity contribution is 6.24. The van der Waals surface area contributed by atoms with E-state index in [1.54, 1.807) is 24.3 Å². The molecule has 6 nitrogen and oxygen atoms in total. The van der Waals surface area contributed by atoms with E-state index >= 15 is 0 Å². The summed E-state index contributed by atoms with van der Waals surface area (Å²) in [7, 11) is 0. The van der Waals surface area contributed by atoms with E-state index in [4.69, 9.17) is 4.74 Å². The zero-order valence-corrected chi connectivity index (χ0v) is 17.3. The van der Waals surface area contributed by atoms with Crippen LogP contribution in [0.25, 0.3) is 10.8 Å². The van der Waals surface area contributed by atoms with Crippen LogP contribution in [0.15, 0.2) is 60.7 Å². The van der Waals surface area contributed by atoms with Crippen LogP contribution in [0.1, 0.15) is 47.4 Å². The third-order valence-corrected chi connectivity index (χ3v) is 5.41. The molecule has 6 heteroatoms. The zero-order chi connectivity index (χ0) is 22.1. The van der Waals surface area contributed by atoms with Gasteiger partial charge in [-0.1, -0.05) is 36.4 Å². The third-order valence-electron chi connectivity index (χ3n) is 5.41. The average Bonchev–Trinajstić information content (AvgIpc) is 2.99. The lowest BCUT2D eigenvalue weighted by molar-refractivity contribution is -0.121. The molecule has 4 rings (SSSR count). The van der Waals surface area contributed by atoms with Crippen LogP contribution in [-0.4, -0.2) is 34.3 Å². The molecule has 0 saturated carbocycles. The minimum Gasteiger partial charge on any atom is -0.456 e. The molecule has 0 aliphatic carbocycles. The molecule has 3 aromatic carbocycles. The first kappa shape index (κ1) is 20.5. The van der Waals surface area contributed by atoms with Crippen molar-refractivity contribution in [3.63, 3.8) is 0 Å². The number of ether oxygens (including phenoxy) is 1. The highest BCUT2D eigenvalue weighted by Gasteiger charge is 2.43. The lowest BCUT2D eigenvalue weighted by atomic mass is 10.0. The Morgan fingerprint density at radius 2 is 1.65 bits per heavy atom. The van der Waals surface area contributed by atoms with Crippen molar-refractivity contribution in [3.8, 4) is 11.5 Å². The number of hydrogen-bond donors (Lipinski definition) is 0. The van der Waals surface area contributed by atoms with Gasteiger partial charge in [-0.05, 0) is 55.3 Å². The molecular weight excluding hydrogens is 394 g/mol. The SMILES string of the molecule is CC(=O)CCC(C(C)=O)N1C(=O)c2cccc(Oc3ccc4ccccc4c3)c2C1=O. The first-order chi connectivity index (χ1) is 14.9. The van der Waals surface area contributed by atoms with E-state index < -0.39 is 17.9 Å². The van der Waals surface area contributed by atoms with E-state index in [1.165, 1.54) is 13.8 Å². The van der Waals surface area contributed by atoms with Crippen molar-refractivity contribution in [2.75, 3.05) is 0 Å². The molecule has 0 N–H and O–H groups in total. The normalized spacial score (nSPS) is 13.9. The van der Waals surface area contributed by atoms with Gasteiger partial charge in [-0.15, -0.1) is 0 Å². The number of Topliss-reactive ketones (excluding diaryl/α,β-unsaturated/α-hetero) is 2. The zero-order valence-electron chi connectivity index (χ0n) is 17.3. The Labute approximate surface area is 179 Å². The summed E-state index contributed by atoms with van der Waals surface area (Å²) in [5.74, 6) is -0.795. The molecule has 1 unspecified atom stereocenters. The van der Waals surface area contributed by atoms with Crippen molar-refractivity contribution < 1.29 is 23.9 Å². The van der Waals surface area contributed by atoms with Gasteiger partial charge in [0, 0.05) is 6.42 Å². The monoisotopic (exact) mass is 415 g/mol. The topological polar surface area (TPSA) is 80.8 Å². The van der Waals surface area contributed by atoms with Crippen molar-refractivity contribution in [2.45, 2.75) is 32.7 Å². The summed E-state index contributed by atoms with van der Waals surface area (Å²) in [6, 6.07) is 17.2. The van der Waals surface area contributed by atoms with Crippen LogP contribution in [0.5, 0.6) is 11.5 Å². The van der Waals surface area contributed by atoms with Gasteiger partial charge in [-0.25, -0.2) is 0 Å². The van der Waals surface area contributed by atoms with Gasteiger partial charge in [0.2, 0.25) is 0 Å². The molecule has 0 saturated heterocycles. The van der Waals surface area contributed by atoms with Crippen molar-refractivity contribution in [2.24, 2.45) is 0 Å². The molecule has 0 fully saturated rings. The first-order valence-electron chi connectivity index (χ1n) is 10.0. The number of hydrogen-bond acceptors (Lipinski definition) is 5. The van der Waals surface area contributed by atoms with Gasteiger partial charge in [-0.2, -0.15) is 0 Å². The minimum atomic E-state index is -0.982. The Bertz CT molecular complexity index is 1230. The molecule has 31 heavy (non-hydrogen) atoms. The van der Waals surface area contributed by atoms with E-state index in [0.29, 0.717) is 5.75 Å². The standard InChI is InChI=1S/C25H21NO5/c1-15(27)10-13-21(16(2)28)26-24(29)20-8-5-9-22(23(20)25(26)30)31-19-12-11-17-6-3-4-7-18(17)14-19/h3-9,11-12,14,21H,10,13H2,1-2H3. The average molecular weight is 415 g/mol. The summed E-state index contributed by atoms with van der Waals surface area (Å²) in [5.41, 5.74) is 0.326. The highest BCUT2D eigenvalue weighted by Crippen LogP contribution is 2.36. The van der Waals surface area contributed by atoms with E-state index in [-0.39, 0.29) is 41.3 Å². The molecule has 0 radical (unpaired) electrons. The van der Waals surface area contributed by atoms with Gasteiger partial charge in [0.25, 0.3) is 11.8 Å². The summed E-state index contributed by atoms with van der Waals surface area (Å²) in [6.07, 6.45) is 0.217. The summed E-state index contributed by atoms with van der Waals surface area (Å²) >= 11 is 0. The number of imide groups is 1. The molecule has 1 aliphatic rings. The molecule has 0 bridgehead atoms. The fourth-order valence-corrected chi connectivity index (χ4v) is 3.85. The maximum atomic E-state index is 13.2. The molecular formula is C25H21NO5. The van der Waals surface area contributed by atoms with E-state index in [9.17, 15) is 19.2 Å². The number of fused-ring (bicyclic) bond motifs is 2. The number of rotatable bonds is 7. The fraction of sp³-hybridized carbons (Fsp3) is 0.200. The third kappa shape index (κ3) is 3.84. The van der Waals surface area contributed by atoms with E-state index in [1.807, 2.05) is 36.4 Å². The largest absolute Gasteiger partial charge is 0.456 e. The predicted octanol–water partition coefficient (Wildman–Crippen LogP) is 4.55. The molecule has 0 aromatic heterocycles. The summed E-state index contributed by atoms with van der Waals surface area (Å²) in [6.45, 7) is 2.73. The van der Waals surface area contributed by atoms with Gasteiger partial charge in [0.1, 0.15) is 17.3 Å². The second-order valence-electron chi connectivity index (χ2n) is 7.64. The van der Waals surface area contributed by atoms with Gasteiger partial charge >= 0.3 is 0 Å². The van der Waals surface area contributed by atoms with Gasteiger partial charge in [0.15, 0.2) is 5.78 Å². The van der Waals surface area contributed by atoms with Crippen LogP contribution in [-0.2, 0) is 9.59 Å². The summed E-state index contributed by atoms with van der Waals surface area (Å²) in [5, 5.41) is 2.04. The lowest BCUT2D eigenvalue weighted by Crippen LogP contribution is -2.44. The molecule has 1 heterocycles. The Morgan fingerprint density at radius 3 is 2.35 bits per heavy atom. The Hall–Kier alpha value is -3.80. The molecule has 2 amide bonds. The number of benzene rings is 3. The second kappa shape index (κ2) is 8.14. The Balaban J connectivity index is 1.68. The van der Waals surface area contributed by atoms with Gasteiger partial charge < -0.3 is 9.53 Å². The molecule has 156 valence electrons. The molecule has 1 aliphatic heterocycles. The maximum Gasteiger partial charge on any atom is 0.266 e. The molecule has 1 atom stereocenters. The van der Waals surface area contributed by atoms with Gasteiger partial charge in [-0.3, -0.25) is 19.3 Å². The Kier molecular flexibility index (Phi) is 5.38. The summed E-state index contributed by atoms with van der Waals surface area (Å²) < 4.78 is 6.00. The van der Waals surface area contributed by atoms with Crippen LogP contribution >= 0.6 is 0 Å². The van der Waals surface area contributed by atoms with Crippen LogP contribution in [0.2, 0.25) is 0 Å². The smallest absolute Gasteiger partial charge is 0.266 e. The number of carbonyl (C=O) groups excluding carboxylic acids is 4. The van der Waals surface area contributed by atoms with Crippen molar-refractivity contribution in [3.05, 3.63) is 71.8 Å². The predicted molar refractivity (Wildman–Crippen MR) is 115 cm³/mol. The van der Waals surface area contributed by atoms with Crippen LogP contribution in [0.3, 0.4) is 0 Å². The second-order valence-corrected chi connectivity index (χ2v) is 7.64. The Morgan fingerprint density at radius 1 is 0.903 bits per heavy atom. The molecule has 3 aromatic rings. The molecule has 0 spiro atoms. The van der Waals surface area contributed by atoms with E-state index in [2.05, 4.69) is 0 Å². The minimum absolute atomic E-state index is 0.108. The van der Waals surface area contributed by atoms with Crippen LogP contribution in [0, 0.1) is 0 Å².